The molecule has 2 aromatic rings. The molecule has 3 N–H and O–H groups in total. The van der Waals surface area contributed by atoms with Gasteiger partial charge in [-0.2, -0.15) is 0 Å². The lowest BCUT2D eigenvalue weighted by Gasteiger charge is -2.38. The number of nitrogens with one attached hydrogen (secondary N) is 1. The number of ether oxygens (including phenoxy) is 1. The fourth-order valence-electron chi connectivity index (χ4n) is 5.52. The van der Waals surface area contributed by atoms with Crippen LogP contribution in [0.4, 0.5) is 4.39 Å². The van der Waals surface area contributed by atoms with Crippen molar-refractivity contribution in [3.05, 3.63) is 59.7 Å². The monoisotopic (exact) mass is 493 g/mol. The highest BCUT2D eigenvalue weighted by Crippen LogP contribution is 2.51. The highest BCUT2D eigenvalue weighted by molar-refractivity contribution is 5.99. The van der Waals surface area contributed by atoms with Crippen LogP contribution in [-0.2, 0) is 9.59 Å². The molecule has 4 atom stereocenters. The molecule has 1 saturated carbocycles. The Morgan fingerprint density at radius 3 is 2.72 bits per heavy atom. The van der Waals surface area contributed by atoms with Gasteiger partial charge in [0, 0.05) is 30.3 Å². The van der Waals surface area contributed by atoms with E-state index in [1.165, 1.54) is 11.0 Å². The Hall–Kier alpha value is -3.49. The fourth-order valence-corrected chi connectivity index (χ4v) is 5.52. The number of nitrogens with two attached hydrogens (primary N) is 1. The molecular formula is C27H32FN5O3. The van der Waals surface area contributed by atoms with Gasteiger partial charge in [-0.15, -0.1) is 0 Å². The van der Waals surface area contributed by atoms with Crippen molar-refractivity contribution in [2.75, 3.05) is 0 Å². The molecule has 1 fully saturated rings. The van der Waals surface area contributed by atoms with Crippen LogP contribution >= 0.6 is 0 Å². The van der Waals surface area contributed by atoms with Gasteiger partial charge in [0.05, 0.1) is 24.0 Å². The minimum Gasteiger partial charge on any atom is -0.484 e. The van der Waals surface area contributed by atoms with Gasteiger partial charge in [-0.25, -0.2) is 9.38 Å². The van der Waals surface area contributed by atoms with Gasteiger partial charge in [-0.1, -0.05) is 18.2 Å². The standard InChI is InChI=1S/C27H32FN5O3/c1-26(2)13-21(34)33(25(29)32-26)22(15-7-6-10-30-14-15)17-11-18(17)24(35)31-20-12-27(3,4)36-23-16(20)8-5-9-19(23)28/h5-10,14,17-18,20,22H,11-13H2,1-4H3,(H2,29,32)(H,31,35)/t17-,18-,20?,22-/m1/s1. The number of fused-ring (bicyclic) bond motifs is 1. The van der Waals surface area contributed by atoms with Crippen LogP contribution in [0.15, 0.2) is 47.7 Å². The van der Waals surface area contributed by atoms with Crippen LogP contribution in [0.2, 0.25) is 0 Å². The molecule has 36 heavy (non-hydrogen) atoms. The van der Waals surface area contributed by atoms with Gasteiger partial charge in [0.25, 0.3) is 0 Å². The van der Waals surface area contributed by atoms with Gasteiger partial charge in [0.1, 0.15) is 5.60 Å². The Balaban J connectivity index is 1.40. The number of aliphatic imine (C=N–C) groups is 1. The van der Waals surface area contributed by atoms with Gasteiger partial charge >= 0.3 is 0 Å². The van der Waals surface area contributed by atoms with E-state index < -0.39 is 23.0 Å². The van der Waals surface area contributed by atoms with E-state index in [-0.39, 0.29) is 47.8 Å². The molecule has 0 bridgehead atoms. The van der Waals surface area contributed by atoms with E-state index in [9.17, 15) is 14.0 Å². The summed E-state index contributed by atoms with van der Waals surface area (Å²) in [7, 11) is 0. The molecule has 2 aliphatic heterocycles. The number of benzene rings is 1. The third kappa shape index (κ3) is 4.54. The third-order valence-electron chi connectivity index (χ3n) is 7.17. The summed E-state index contributed by atoms with van der Waals surface area (Å²) in [5.41, 5.74) is 6.54. The zero-order valence-corrected chi connectivity index (χ0v) is 21.0. The Morgan fingerprint density at radius 2 is 2.03 bits per heavy atom. The molecule has 0 radical (unpaired) electrons. The van der Waals surface area contributed by atoms with Crippen LogP contribution in [0.1, 0.15) is 70.2 Å². The van der Waals surface area contributed by atoms with Crippen LogP contribution < -0.4 is 15.8 Å². The smallest absolute Gasteiger partial charge is 0.232 e. The first-order valence-corrected chi connectivity index (χ1v) is 12.3. The van der Waals surface area contributed by atoms with Crippen molar-refractivity contribution in [2.45, 2.75) is 70.2 Å². The number of carbonyl (C=O) groups is 2. The van der Waals surface area contributed by atoms with Crippen molar-refractivity contribution in [1.29, 1.82) is 0 Å². The van der Waals surface area contributed by atoms with Crippen LogP contribution in [0.3, 0.4) is 0 Å². The summed E-state index contributed by atoms with van der Waals surface area (Å²) in [6, 6.07) is 7.64. The second kappa shape index (κ2) is 8.57. The summed E-state index contributed by atoms with van der Waals surface area (Å²) in [6.45, 7) is 7.51. The van der Waals surface area contributed by atoms with Gasteiger partial charge < -0.3 is 15.8 Å². The van der Waals surface area contributed by atoms with Gasteiger partial charge in [0.15, 0.2) is 17.5 Å². The van der Waals surface area contributed by atoms with Gasteiger partial charge in [0.2, 0.25) is 11.8 Å². The van der Waals surface area contributed by atoms with E-state index >= 15 is 0 Å². The van der Waals surface area contributed by atoms with E-state index in [0.29, 0.717) is 18.4 Å². The fraction of sp³-hybridized carbons (Fsp3) is 0.481. The van der Waals surface area contributed by atoms with E-state index in [4.69, 9.17) is 10.5 Å². The highest BCUT2D eigenvalue weighted by Gasteiger charge is 2.53. The summed E-state index contributed by atoms with van der Waals surface area (Å²) < 4.78 is 20.4. The summed E-state index contributed by atoms with van der Waals surface area (Å²) in [5, 5.41) is 3.13. The molecule has 2 amide bonds. The third-order valence-corrected chi connectivity index (χ3v) is 7.17. The SMILES string of the molecule is CC1(C)CC(=O)N([C@H](c2cccnc2)[C@@H]2C[C@H]2C(=O)NC2CC(C)(C)Oc3c(F)cccc32)C(N)=N1. The normalized spacial score (nSPS) is 26.8. The average Bonchev–Trinajstić information content (AvgIpc) is 3.57. The number of carbonyl (C=O) groups excluding carboxylic acids is 2. The lowest BCUT2D eigenvalue weighted by Crippen LogP contribution is -2.52. The average molecular weight is 494 g/mol. The zero-order chi connectivity index (χ0) is 25.8. The predicted octanol–water partition coefficient (Wildman–Crippen LogP) is 3.64. The van der Waals surface area contributed by atoms with Crippen LogP contribution in [0.25, 0.3) is 0 Å². The largest absolute Gasteiger partial charge is 0.484 e. The van der Waals surface area contributed by atoms with Crippen molar-refractivity contribution in [3.63, 3.8) is 0 Å². The first kappa shape index (κ1) is 24.2. The molecule has 1 aromatic heterocycles. The van der Waals surface area contributed by atoms with Gasteiger partial charge in [-0.05, 0) is 57.7 Å². The van der Waals surface area contributed by atoms with E-state index in [0.717, 1.165) is 5.56 Å². The van der Waals surface area contributed by atoms with Crippen molar-refractivity contribution in [2.24, 2.45) is 22.6 Å². The Labute approximate surface area is 210 Å². The number of halogens is 1. The molecule has 1 aliphatic carbocycles. The Morgan fingerprint density at radius 1 is 1.25 bits per heavy atom. The molecule has 9 heteroatoms. The van der Waals surface area contributed by atoms with Crippen molar-refractivity contribution >= 4 is 17.8 Å². The number of rotatable bonds is 5. The Kier molecular flexibility index (Phi) is 5.76. The number of amides is 2. The van der Waals surface area contributed by atoms with Crippen molar-refractivity contribution in [1.82, 2.24) is 15.2 Å². The maximum Gasteiger partial charge on any atom is 0.232 e. The van der Waals surface area contributed by atoms with E-state index in [2.05, 4.69) is 15.3 Å². The lowest BCUT2D eigenvalue weighted by atomic mass is 9.89. The predicted molar refractivity (Wildman–Crippen MR) is 132 cm³/mol. The molecule has 1 unspecified atom stereocenters. The molecule has 0 saturated heterocycles. The zero-order valence-electron chi connectivity index (χ0n) is 21.0. The van der Waals surface area contributed by atoms with Gasteiger partial charge in [-0.3, -0.25) is 19.5 Å². The number of nitrogens with zero attached hydrogens (tertiary/aromatic N) is 3. The number of hydrogen-bond acceptors (Lipinski definition) is 6. The maximum atomic E-state index is 14.5. The summed E-state index contributed by atoms with van der Waals surface area (Å²) >= 11 is 0. The second-order valence-corrected chi connectivity index (χ2v) is 11.2. The maximum absolute atomic E-state index is 14.5. The number of hydrogen-bond donors (Lipinski definition) is 2. The van der Waals surface area contributed by atoms with E-state index in [1.54, 1.807) is 30.6 Å². The lowest BCUT2D eigenvalue weighted by molar-refractivity contribution is -0.132. The number of guanidine groups is 1. The topological polar surface area (TPSA) is 110 Å². The number of aromatic nitrogens is 1. The molecule has 3 heterocycles. The van der Waals surface area contributed by atoms with Crippen molar-refractivity contribution < 1.29 is 18.7 Å². The summed E-state index contributed by atoms with van der Waals surface area (Å²) in [4.78, 5) is 37.0. The first-order valence-electron chi connectivity index (χ1n) is 12.3. The molecule has 3 aliphatic rings. The molecule has 190 valence electrons. The van der Waals surface area contributed by atoms with Crippen LogP contribution in [-0.4, -0.2) is 38.8 Å². The highest BCUT2D eigenvalue weighted by atomic mass is 19.1. The van der Waals surface area contributed by atoms with Crippen molar-refractivity contribution in [3.8, 4) is 5.75 Å². The quantitative estimate of drug-likeness (QED) is 0.661. The van der Waals surface area contributed by atoms with E-state index in [1.807, 2.05) is 33.8 Å². The number of pyridine rings is 1. The summed E-state index contributed by atoms with van der Waals surface area (Å²) in [5.74, 6) is -0.824. The molecule has 1 aromatic carbocycles. The molecule has 8 nitrogen and oxygen atoms in total. The minimum absolute atomic E-state index is 0.122. The Bertz CT molecular complexity index is 1230. The molecule has 0 spiro atoms. The first-order chi connectivity index (χ1) is 17.0. The molecule has 5 rings (SSSR count). The van der Waals surface area contributed by atoms with Crippen LogP contribution in [0.5, 0.6) is 5.75 Å². The second-order valence-electron chi connectivity index (χ2n) is 11.2. The minimum atomic E-state index is -0.633. The van der Waals surface area contributed by atoms with Crippen LogP contribution in [0, 0.1) is 17.7 Å². The number of para-hydroxylation sites is 1. The summed E-state index contributed by atoms with van der Waals surface area (Å²) in [6.07, 6.45) is 4.71. The molecular weight excluding hydrogens is 461 g/mol.